The smallest absolute Gasteiger partial charge is 0.330 e. The number of halogens is 1. The summed E-state index contributed by atoms with van der Waals surface area (Å²) in [5.41, 5.74) is 1.32. The van der Waals surface area contributed by atoms with E-state index < -0.39 is 5.97 Å². The molecule has 120 valence electrons. The van der Waals surface area contributed by atoms with Crippen molar-refractivity contribution in [2.45, 2.75) is 19.8 Å². The van der Waals surface area contributed by atoms with Gasteiger partial charge in [-0.3, -0.25) is 4.79 Å². The van der Waals surface area contributed by atoms with Crippen molar-refractivity contribution in [3.63, 3.8) is 0 Å². The number of esters is 1. The van der Waals surface area contributed by atoms with Crippen LogP contribution in [0.5, 0.6) is 5.75 Å². The number of para-hydroxylation sites is 1. The van der Waals surface area contributed by atoms with Crippen molar-refractivity contribution in [1.82, 2.24) is 5.32 Å². The monoisotopic (exact) mass is 315 g/mol. The predicted molar refractivity (Wildman–Crippen MR) is 84.5 cm³/mol. The van der Waals surface area contributed by atoms with E-state index in [0.29, 0.717) is 11.3 Å². The van der Waals surface area contributed by atoms with E-state index in [4.69, 9.17) is 4.74 Å². The van der Waals surface area contributed by atoms with Crippen LogP contribution in [0.4, 0.5) is 4.39 Å². The molecule has 0 saturated carbocycles. The minimum absolute atomic E-state index is 0.110. The first-order valence-electron chi connectivity index (χ1n) is 7.32. The second-order valence-corrected chi connectivity index (χ2v) is 5.11. The molecule has 0 aliphatic rings. The van der Waals surface area contributed by atoms with Crippen molar-refractivity contribution in [2.75, 3.05) is 6.54 Å². The molecule has 0 spiro atoms. The van der Waals surface area contributed by atoms with Gasteiger partial charge in [0, 0.05) is 6.42 Å². The second kappa shape index (κ2) is 8.08. The Balaban J connectivity index is 1.75. The lowest BCUT2D eigenvalue weighted by molar-refractivity contribution is -0.135. The molecule has 2 aromatic rings. The van der Waals surface area contributed by atoms with E-state index in [2.05, 4.69) is 5.32 Å². The number of aryl methyl sites for hydroxylation is 2. The van der Waals surface area contributed by atoms with Crippen LogP contribution < -0.4 is 10.1 Å². The topological polar surface area (TPSA) is 55.4 Å². The summed E-state index contributed by atoms with van der Waals surface area (Å²) in [6.07, 6.45) is 0.393. The molecule has 4 nitrogen and oxygen atoms in total. The number of hydrogen-bond donors (Lipinski definition) is 1. The van der Waals surface area contributed by atoms with Gasteiger partial charge >= 0.3 is 5.97 Å². The zero-order valence-corrected chi connectivity index (χ0v) is 12.8. The van der Waals surface area contributed by atoms with Crippen LogP contribution in [0.25, 0.3) is 0 Å². The molecule has 0 heterocycles. The SMILES string of the molecule is Cc1ccccc1OC(=O)CNC(=O)CCc1ccccc1F. The lowest BCUT2D eigenvalue weighted by atomic mass is 10.1. The van der Waals surface area contributed by atoms with Crippen molar-refractivity contribution in [3.8, 4) is 5.75 Å². The molecule has 2 aromatic carbocycles. The first kappa shape index (κ1) is 16.7. The number of hydrogen-bond acceptors (Lipinski definition) is 3. The lowest BCUT2D eigenvalue weighted by Crippen LogP contribution is -2.32. The average Bonchev–Trinajstić information content (AvgIpc) is 2.54. The van der Waals surface area contributed by atoms with E-state index in [1.807, 2.05) is 19.1 Å². The van der Waals surface area contributed by atoms with Gasteiger partial charge in [0.25, 0.3) is 0 Å². The van der Waals surface area contributed by atoms with Crippen LogP contribution in [0, 0.1) is 12.7 Å². The van der Waals surface area contributed by atoms with Crippen LogP contribution in [0.15, 0.2) is 48.5 Å². The molecule has 1 amide bonds. The van der Waals surface area contributed by atoms with Gasteiger partial charge in [-0.25, -0.2) is 9.18 Å². The van der Waals surface area contributed by atoms with E-state index in [1.165, 1.54) is 6.07 Å². The Kier molecular flexibility index (Phi) is 5.86. The molecule has 23 heavy (non-hydrogen) atoms. The molecule has 0 radical (unpaired) electrons. The molecule has 0 aliphatic carbocycles. The third-order valence-corrected chi connectivity index (χ3v) is 3.33. The zero-order valence-electron chi connectivity index (χ0n) is 12.8. The van der Waals surface area contributed by atoms with Crippen LogP contribution in [0.2, 0.25) is 0 Å². The van der Waals surface area contributed by atoms with Crippen molar-refractivity contribution in [2.24, 2.45) is 0 Å². The summed E-state index contributed by atoms with van der Waals surface area (Å²) in [5, 5.41) is 2.48. The molecule has 2 rings (SSSR count). The highest BCUT2D eigenvalue weighted by atomic mass is 19.1. The maximum absolute atomic E-state index is 13.4. The minimum Gasteiger partial charge on any atom is -0.425 e. The highest BCUT2D eigenvalue weighted by Crippen LogP contribution is 2.16. The van der Waals surface area contributed by atoms with Crippen LogP contribution >= 0.6 is 0 Å². The molecule has 1 N–H and O–H groups in total. The Morgan fingerprint density at radius 2 is 1.78 bits per heavy atom. The van der Waals surface area contributed by atoms with Crippen LogP contribution in [-0.4, -0.2) is 18.4 Å². The number of benzene rings is 2. The molecule has 0 aromatic heterocycles. The molecule has 5 heteroatoms. The largest absolute Gasteiger partial charge is 0.425 e. The van der Waals surface area contributed by atoms with Crippen LogP contribution in [0.1, 0.15) is 17.5 Å². The van der Waals surface area contributed by atoms with E-state index in [9.17, 15) is 14.0 Å². The van der Waals surface area contributed by atoms with Crippen LogP contribution in [-0.2, 0) is 16.0 Å². The quantitative estimate of drug-likeness (QED) is 0.659. The van der Waals surface area contributed by atoms with Crippen molar-refractivity contribution < 1.29 is 18.7 Å². The van der Waals surface area contributed by atoms with E-state index in [-0.39, 0.29) is 31.1 Å². The zero-order chi connectivity index (χ0) is 16.7. The Morgan fingerprint density at radius 1 is 1.09 bits per heavy atom. The number of ether oxygens (including phenoxy) is 1. The highest BCUT2D eigenvalue weighted by Gasteiger charge is 2.10. The summed E-state index contributed by atoms with van der Waals surface area (Å²) in [6, 6.07) is 13.4. The number of amides is 1. The van der Waals surface area contributed by atoms with E-state index >= 15 is 0 Å². The molecular formula is C18H18FNO3. The van der Waals surface area contributed by atoms with Crippen molar-refractivity contribution in [1.29, 1.82) is 0 Å². The van der Waals surface area contributed by atoms with Gasteiger partial charge < -0.3 is 10.1 Å². The highest BCUT2D eigenvalue weighted by molar-refractivity contribution is 5.83. The molecule has 0 atom stereocenters. The summed E-state index contributed by atoms with van der Waals surface area (Å²) in [4.78, 5) is 23.4. The van der Waals surface area contributed by atoms with Crippen molar-refractivity contribution in [3.05, 3.63) is 65.5 Å². The van der Waals surface area contributed by atoms with Gasteiger partial charge in [-0.15, -0.1) is 0 Å². The van der Waals surface area contributed by atoms with Gasteiger partial charge in [-0.1, -0.05) is 36.4 Å². The van der Waals surface area contributed by atoms with Gasteiger partial charge in [0.1, 0.15) is 18.1 Å². The first-order valence-corrected chi connectivity index (χ1v) is 7.32. The maximum Gasteiger partial charge on any atom is 0.330 e. The third kappa shape index (κ3) is 5.21. The number of carbonyl (C=O) groups excluding carboxylic acids is 2. The summed E-state index contributed by atoms with van der Waals surface area (Å²) in [5.74, 6) is -0.731. The fraction of sp³-hybridized carbons (Fsp3) is 0.222. The summed E-state index contributed by atoms with van der Waals surface area (Å²) < 4.78 is 18.6. The minimum atomic E-state index is -0.543. The standard InChI is InChI=1S/C18H18FNO3/c1-13-6-2-5-9-16(13)23-18(22)12-20-17(21)11-10-14-7-3-4-8-15(14)19/h2-9H,10-12H2,1H3,(H,20,21). The Bertz CT molecular complexity index is 700. The summed E-state index contributed by atoms with van der Waals surface area (Å²) >= 11 is 0. The molecule has 0 bridgehead atoms. The Morgan fingerprint density at radius 3 is 2.52 bits per heavy atom. The maximum atomic E-state index is 13.4. The molecular weight excluding hydrogens is 297 g/mol. The molecule has 0 saturated heterocycles. The third-order valence-electron chi connectivity index (χ3n) is 3.33. The molecule has 0 unspecified atom stereocenters. The average molecular weight is 315 g/mol. The number of carbonyl (C=O) groups is 2. The fourth-order valence-corrected chi connectivity index (χ4v) is 2.04. The van der Waals surface area contributed by atoms with Crippen LogP contribution in [0.3, 0.4) is 0 Å². The molecule has 0 fully saturated rings. The van der Waals surface area contributed by atoms with E-state index in [1.54, 1.807) is 30.3 Å². The second-order valence-electron chi connectivity index (χ2n) is 5.11. The van der Waals surface area contributed by atoms with Crippen molar-refractivity contribution >= 4 is 11.9 Å². The van der Waals surface area contributed by atoms with E-state index in [0.717, 1.165) is 5.56 Å². The Hall–Kier alpha value is -2.69. The molecule has 0 aliphatic heterocycles. The number of nitrogens with one attached hydrogen (secondary N) is 1. The predicted octanol–water partition coefficient (Wildman–Crippen LogP) is 2.79. The van der Waals surface area contributed by atoms with Gasteiger partial charge in [0.15, 0.2) is 0 Å². The normalized spacial score (nSPS) is 10.2. The summed E-state index contributed by atoms with van der Waals surface area (Å²) in [7, 11) is 0. The Labute approximate surface area is 134 Å². The number of rotatable bonds is 6. The lowest BCUT2D eigenvalue weighted by Gasteiger charge is -2.08. The summed E-state index contributed by atoms with van der Waals surface area (Å²) in [6.45, 7) is 1.61. The van der Waals surface area contributed by atoms with Gasteiger partial charge in [0.05, 0.1) is 0 Å². The van der Waals surface area contributed by atoms with Gasteiger partial charge in [-0.2, -0.15) is 0 Å². The van der Waals surface area contributed by atoms with Gasteiger partial charge in [0.2, 0.25) is 5.91 Å². The first-order chi connectivity index (χ1) is 11.1. The fourth-order valence-electron chi connectivity index (χ4n) is 2.04. The van der Waals surface area contributed by atoms with Gasteiger partial charge in [-0.05, 0) is 36.6 Å².